The number of anilines is 2. The maximum absolute atomic E-state index is 12.4. The molecular formula is C16H15N3O4. The quantitative estimate of drug-likeness (QED) is 0.502. The number of hydrogen-bond acceptors (Lipinski definition) is 5. The number of carbonyl (C=O) groups excluding carboxylic acids is 2. The van der Waals surface area contributed by atoms with E-state index in [1.165, 1.54) is 25.1 Å². The number of carbonyl (C=O) groups is 2. The fourth-order valence-corrected chi connectivity index (χ4v) is 2.07. The Morgan fingerprint density at radius 3 is 2.48 bits per heavy atom. The second-order valence-corrected chi connectivity index (χ2v) is 4.83. The first-order valence-corrected chi connectivity index (χ1v) is 6.81. The van der Waals surface area contributed by atoms with Crippen LogP contribution in [0.25, 0.3) is 0 Å². The molecule has 0 saturated carbocycles. The molecule has 0 radical (unpaired) electrons. The summed E-state index contributed by atoms with van der Waals surface area (Å²) in [5.41, 5.74) is 1.35. The zero-order valence-corrected chi connectivity index (χ0v) is 12.6. The van der Waals surface area contributed by atoms with Gasteiger partial charge in [0.1, 0.15) is 0 Å². The largest absolute Gasteiger partial charge is 0.387 e. The van der Waals surface area contributed by atoms with E-state index in [2.05, 4.69) is 10.6 Å². The van der Waals surface area contributed by atoms with Gasteiger partial charge in [-0.2, -0.15) is 0 Å². The molecule has 2 rings (SSSR count). The monoisotopic (exact) mass is 313 g/mol. The molecule has 0 spiro atoms. The minimum Gasteiger partial charge on any atom is -0.387 e. The number of nitro benzene ring substituents is 1. The molecule has 2 N–H and O–H groups in total. The van der Waals surface area contributed by atoms with Crippen LogP contribution in [-0.4, -0.2) is 23.7 Å². The van der Waals surface area contributed by atoms with Gasteiger partial charge >= 0.3 is 0 Å². The first-order chi connectivity index (χ1) is 10.9. The van der Waals surface area contributed by atoms with Crippen LogP contribution in [0, 0.1) is 10.1 Å². The SMILES string of the molecule is CNc1ccc([N+](=O)[O-])cc1C(=O)Nc1cccc(C(C)=O)c1. The third-order valence-corrected chi connectivity index (χ3v) is 3.25. The molecule has 0 aliphatic heterocycles. The second kappa shape index (κ2) is 6.69. The summed E-state index contributed by atoms with van der Waals surface area (Å²) >= 11 is 0. The third kappa shape index (κ3) is 3.70. The fourth-order valence-electron chi connectivity index (χ4n) is 2.07. The van der Waals surface area contributed by atoms with E-state index in [-0.39, 0.29) is 17.0 Å². The Hall–Kier alpha value is -3.22. The lowest BCUT2D eigenvalue weighted by atomic mass is 10.1. The third-order valence-electron chi connectivity index (χ3n) is 3.25. The number of ketones is 1. The summed E-state index contributed by atoms with van der Waals surface area (Å²) in [7, 11) is 1.62. The van der Waals surface area contributed by atoms with Gasteiger partial charge in [0.15, 0.2) is 5.78 Å². The lowest BCUT2D eigenvalue weighted by Gasteiger charge is -2.10. The molecule has 0 aliphatic rings. The summed E-state index contributed by atoms with van der Waals surface area (Å²) < 4.78 is 0. The van der Waals surface area contributed by atoms with E-state index in [0.717, 1.165) is 0 Å². The van der Waals surface area contributed by atoms with Crippen LogP contribution in [-0.2, 0) is 0 Å². The van der Waals surface area contributed by atoms with Crippen LogP contribution >= 0.6 is 0 Å². The molecule has 0 aromatic heterocycles. The summed E-state index contributed by atoms with van der Waals surface area (Å²) in [6, 6.07) is 10.5. The van der Waals surface area contributed by atoms with Crippen molar-refractivity contribution in [1.82, 2.24) is 0 Å². The van der Waals surface area contributed by atoms with E-state index in [0.29, 0.717) is 16.9 Å². The minimum absolute atomic E-state index is 0.118. The van der Waals surface area contributed by atoms with Crippen molar-refractivity contribution in [2.75, 3.05) is 17.7 Å². The van der Waals surface area contributed by atoms with Crippen LogP contribution in [0.3, 0.4) is 0 Å². The van der Waals surface area contributed by atoms with Gasteiger partial charge in [0, 0.05) is 36.1 Å². The first kappa shape index (κ1) is 16.2. The van der Waals surface area contributed by atoms with Crippen molar-refractivity contribution < 1.29 is 14.5 Å². The number of benzene rings is 2. The zero-order chi connectivity index (χ0) is 17.0. The van der Waals surface area contributed by atoms with Crippen molar-refractivity contribution in [2.45, 2.75) is 6.92 Å². The van der Waals surface area contributed by atoms with Gasteiger partial charge in [-0.25, -0.2) is 0 Å². The van der Waals surface area contributed by atoms with Crippen LogP contribution in [0.1, 0.15) is 27.6 Å². The first-order valence-electron chi connectivity index (χ1n) is 6.81. The zero-order valence-electron chi connectivity index (χ0n) is 12.6. The van der Waals surface area contributed by atoms with Gasteiger partial charge in [-0.05, 0) is 25.1 Å². The Morgan fingerprint density at radius 1 is 1.13 bits per heavy atom. The lowest BCUT2D eigenvalue weighted by molar-refractivity contribution is -0.384. The predicted octanol–water partition coefficient (Wildman–Crippen LogP) is 3.09. The maximum atomic E-state index is 12.4. The molecule has 2 aromatic rings. The number of hydrogen-bond donors (Lipinski definition) is 2. The predicted molar refractivity (Wildman–Crippen MR) is 87.0 cm³/mol. The summed E-state index contributed by atoms with van der Waals surface area (Å²) in [4.78, 5) is 34.1. The molecule has 0 heterocycles. The van der Waals surface area contributed by atoms with Crippen LogP contribution in [0.4, 0.5) is 17.1 Å². The highest BCUT2D eigenvalue weighted by molar-refractivity contribution is 6.09. The molecule has 0 bridgehead atoms. The number of non-ortho nitro benzene ring substituents is 1. The van der Waals surface area contributed by atoms with Crippen LogP contribution in [0.15, 0.2) is 42.5 Å². The number of nitro groups is 1. The molecule has 7 heteroatoms. The van der Waals surface area contributed by atoms with Crippen molar-refractivity contribution >= 4 is 28.8 Å². The van der Waals surface area contributed by atoms with Crippen molar-refractivity contribution in [3.63, 3.8) is 0 Å². The smallest absolute Gasteiger partial charge is 0.270 e. The maximum Gasteiger partial charge on any atom is 0.270 e. The Labute approximate surface area is 132 Å². The normalized spacial score (nSPS) is 10.0. The standard InChI is InChI=1S/C16H15N3O4/c1-10(20)11-4-3-5-12(8-11)18-16(21)14-9-13(19(22)23)6-7-15(14)17-2/h3-9,17H,1-2H3,(H,18,21). The Morgan fingerprint density at radius 2 is 1.87 bits per heavy atom. The van der Waals surface area contributed by atoms with Gasteiger partial charge < -0.3 is 10.6 Å². The van der Waals surface area contributed by atoms with Crippen molar-refractivity contribution in [2.24, 2.45) is 0 Å². The van der Waals surface area contributed by atoms with Gasteiger partial charge in [-0.3, -0.25) is 19.7 Å². The van der Waals surface area contributed by atoms with Gasteiger partial charge in [-0.1, -0.05) is 12.1 Å². The van der Waals surface area contributed by atoms with Crippen LogP contribution in [0.2, 0.25) is 0 Å². The molecule has 7 nitrogen and oxygen atoms in total. The molecule has 0 atom stereocenters. The van der Waals surface area contributed by atoms with E-state index in [9.17, 15) is 19.7 Å². The molecule has 0 aliphatic carbocycles. The average molecular weight is 313 g/mol. The van der Waals surface area contributed by atoms with Crippen molar-refractivity contribution in [3.05, 3.63) is 63.7 Å². The van der Waals surface area contributed by atoms with Gasteiger partial charge in [-0.15, -0.1) is 0 Å². The van der Waals surface area contributed by atoms with Gasteiger partial charge in [0.25, 0.3) is 11.6 Å². The Kier molecular flexibility index (Phi) is 4.70. The molecule has 0 saturated heterocycles. The van der Waals surface area contributed by atoms with Crippen molar-refractivity contribution in [1.29, 1.82) is 0 Å². The number of nitrogens with one attached hydrogen (secondary N) is 2. The number of Topliss-reactive ketones (excluding diaryl/α,β-unsaturated/α-hetero) is 1. The second-order valence-electron chi connectivity index (χ2n) is 4.83. The molecular weight excluding hydrogens is 298 g/mol. The van der Waals surface area contributed by atoms with Gasteiger partial charge in [0.05, 0.1) is 10.5 Å². The van der Waals surface area contributed by atoms with Crippen LogP contribution in [0.5, 0.6) is 0 Å². The summed E-state index contributed by atoms with van der Waals surface area (Å²) in [5, 5.41) is 16.3. The van der Waals surface area contributed by atoms with Crippen LogP contribution < -0.4 is 10.6 Å². The topological polar surface area (TPSA) is 101 Å². The Bertz CT molecular complexity index is 787. The lowest BCUT2D eigenvalue weighted by Crippen LogP contribution is -2.14. The average Bonchev–Trinajstić information content (AvgIpc) is 2.54. The molecule has 0 unspecified atom stereocenters. The summed E-state index contributed by atoms with van der Waals surface area (Å²) in [6.45, 7) is 1.43. The molecule has 118 valence electrons. The highest BCUT2D eigenvalue weighted by Crippen LogP contribution is 2.23. The van der Waals surface area contributed by atoms with E-state index >= 15 is 0 Å². The number of nitrogens with zero attached hydrogens (tertiary/aromatic N) is 1. The highest BCUT2D eigenvalue weighted by atomic mass is 16.6. The summed E-state index contributed by atoms with van der Waals surface area (Å²) in [6.07, 6.45) is 0. The number of amides is 1. The highest BCUT2D eigenvalue weighted by Gasteiger charge is 2.16. The Balaban J connectivity index is 2.33. The minimum atomic E-state index is -0.563. The molecule has 2 aromatic carbocycles. The molecule has 1 amide bonds. The van der Waals surface area contributed by atoms with E-state index < -0.39 is 10.8 Å². The fraction of sp³-hybridized carbons (Fsp3) is 0.125. The number of rotatable bonds is 5. The summed E-state index contributed by atoms with van der Waals surface area (Å²) in [5.74, 6) is -0.619. The molecule has 23 heavy (non-hydrogen) atoms. The van der Waals surface area contributed by atoms with Gasteiger partial charge in [0.2, 0.25) is 0 Å². The van der Waals surface area contributed by atoms with E-state index in [1.807, 2.05) is 0 Å². The van der Waals surface area contributed by atoms with E-state index in [4.69, 9.17) is 0 Å². The molecule has 0 fully saturated rings. The van der Waals surface area contributed by atoms with E-state index in [1.54, 1.807) is 31.3 Å². The van der Waals surface area contributed by atoms with Crippen molar-refractivity contribution in [3.8, 4) is 0 Å².